The van der Waals surface area contributed by atoms with Crippen LogP contribution in [0.3, 0.4) is 0 Å². The Labute approximate surface area is 124 Å². The fraction of sp³-hybridized carbons (Fsp3) is 0.533. The molecule has 0 bridgehead atoms. The van der Waals surface area contributed by atoms with E-state index in [0.717, 1.165) is 47.7 Å². The minimum Gasteiger partial charge on any atom is -0.388 e. The quantitative estimate of drug-likeness (QED) is 0.945. The Hall–Kier alpha value is -1.26. The fourth-order valence-electron chi connectivity index (χ4n) is 2.98. The van der Waals surface area contributed by atoms with Gasteiger partial charge in [0.05, 0.1) is 29.1 Å². The van der Waals surface area contributed by atoms with Crippen molar-refractivity contribution in [3.63, 3.8) is 0 Å². The Kier molecular flexibility index (Phi) is 3.61. The van der Waals surface area contributed by atoms with Crippen LogP contribution in [0.4, 0.5) is 0 Å². The van der Waals surface area contributed by atoms with Crippen LogP contribution in [0.1, 0.15) is 48.4 Å². The zero-order valence-electron chi connectivity index (χ0n) is 11.9. The number of halogens is 1. The summed E-state index contributed by atoms with van der Waals surface area (Å²) in [7, 11) is 1.93. The lowest BCUT2D eigenvalue weighted by atomic mass is 9.93. The maximum atomic E-state index is 10.0. The number of aliphatic hydroxyl groups excluding tert-OH is 1. The van der Waals surface area contributed by atoms with Crippen LogP contribution in [0.15, 0.2) is 12.4 Å². The summed E-state index contributed by atoms with van der Waals surface area (Å²) in [6, 6.07) is 0. The summed E-state index contributed by atoms with van der Waals surface area (Å²) in [6.45, 7) is 2.75. The van der Waals surface area contributed by atoms with Gasteiger partial charge >= 0.3 is 0 Å². The summed E-state index contributed by atoms with van der Waals surface area (Å²) in [5.41, 5.74) is 4.30. The predicted molar refractivity (Wildman–Crippen MR) is 79.0 cm³/mol. The average Bonchev–Trinajstić information content (AvgIpc) is 2.95. The first-order valence-corrected chi connectivity index (χ1v) is 7.54. The largest absolute Gasteiger partial charge is 0.388 e. The van der Waals surface area contributed by atoms with Crippen molar-refractivity contribution in [3.8, 4) is 0 Å². The molecule has 1 aliphatic carbocycles. The number of aliphatic hydroxyl groups is 1. The van der Waals surface area contributed by atoms with Crippen LogP contribution in [0.5, 0.6) is 0 Å². The van der Waals surface area contributed by atoms with Gasteiger partial charge in [0.1, 0.15) is 0 Å². The standard InChI is InChI=1S/C15H20ClN3O/c1-3-12-15(16)13(18(2)17-12)9-19-7-10-5-4-6-14(20)11(10)8-19/h7-8,14,20H,3-6,9H2,1-2H3. The van der Waals surface area contributed by atoms with Crippen LogP contribution >= 0.6 is 11.6 Å². The van der Waals surface area contributed by atoms with Gasteiger partial charge in [0.25, 0.3) is 0 Å². The summed E-state index contributed by atoms with van der Waals surface area (Å²) >= 11 is 6.39. The molecule has 2 heterocycles. The molecule has 0 fully saturated rings. The maximum Gasteiger partial charge on any atom is 0.0868 e. The van der Waals surface area contributed by atoms with Crippen molar-refractivity contribution in [1.29, 1.82) is 0 Å². The van der Waals surface area contributed by atoms with Crippen LogP contribution in [-0.4, -0.2) is 19.5 Å². The first-order valence-electron chi connectivity index (χ1n) is 7.17. The van der Waals surface area contributed by atoms with Gasteiger partial charge in [-0.3, -0.25) is 4.68 Å². The van der Waals surface area contributed by atoms with Gasteiger partial charge in [0.2, 0.25) is 0 Å². The van der Waals surface area contributed by atoms with E-state index in [-0.39, 0.29) is 6.10 Å². The fourth-order valence-corrected chi connectivity index (χ4v) is 3.33. The van der Waals surface area contributed by atoms with E-state index in [4.69, 9.17) is 11.6 Å². The van der Waals surface area contributed by atoms with Gasteiger partial charge in [0.15, 0.2) is 0 Å². The molecular weight excluding hydrogens is 274 g/mol. The van der Waals surface area contributed by atoms with Crippen LogP contribution in [0.2, 0.25) is 5.02 Å². The van der Waals surface area contributed by atoms with Crippen LogP contribution in [-0.2, 0) is 26.4 Å². The second kappa shape index (κ2) is 5.26. The van der Waals surface area contributed by atoms with Gasteiger partial charge in [-0.05, 0) is 31.2 Å². The molecule has 5 heteroatoms. The van der Waals surface area contributed by atoms with E-state index in [2.05, 4.69) is 22.8 Å². The van der Waals surface area contributed by atoms with Gasteiger partial charge < -0.3 is 9.67 Å². The lowest BCUT2D eigenvalue weighted by Gasteiger charge is -2.16. The highest BCUT2D eigenvalue weighted by Crippen LogP contribution is 2.31. The molecule has 1 atom stereocenters. The molecule has 108 valence electrons. The third-order valence-electron chi connectivity index (χ3n) is 4.12. The van der Waals surface area contributed by atoms with Gasteiger partial charge in [0, 0.05) is 25.0 Å². The van der Waals surface area contributed by atoms with Crippen LogP contribution in [0.25, 0.3) is 0 Å². The van der Waals surface area contributed by atoms with Crippen molar-refractivity contribution in [2.45, 2.75) is 45.3 Å². The third-order valence-corrected chi connectivity index (χ3v) is 4.55. The summed E-state index contributed by atoms with van der Waals surface area (Å²) in [4.78, 5) is 0. The molecule has 2 aromatic rings. The third kappa shape index (κ3) is 2.27. The van der Waals surface area contributed by atoms with E-state index in [0.29, 0.717) is 6.54 Å². The van der Waals surface area contributed by atoms with Crippen molar-refractivity contribution in [2.75, 3.05) is 0 Å². The van der Waals surface area contributed by atoms with Crippen molar-refractivity contribution < 1.29 is 5.11 Å². The van der Waals surface area contributed by atoms with Crippen molar-refractivity contribution in [1.82, 2.24) is 14.3 Å². The van der Waals surface area contributed by atoms with E-state index in [9.17, 15) is 5.11 Å². The van der Waals surface area contributed by atoms with Crippen LogP contribution in [0, 0.1) is 0 Å². The topological polar surface area (TPSA) is 43.0 Å². The highest BCUT2D eigenvalue weighted by atomic mass is 35.5. The van der Waals surface area contributed by atoms with Gasteiger partial charge in [-0.15, -0.1) is 0 Å². The predicted octanol–water partition coefficient (Wildman–Crippen LogP) is 2.86. The van der Waals surface area contributed by atoms with Gasteiger partial charge in [-0.2, -0.15) is 5.10 Å². The first kappa shape index (κ1) is 13.7. The summed E-state index contributed by atoms with van der Waals surface area (Å²) in [5, 5.41) is 15.2. The SMILES string of the molecule is CCc1nn(C)c(Cn2cc3c(c2)C(O)CCC3)c1Cl. The number of rotatable bonds is 3. The second-order valence-electron chi connectivity index (χ2n) is 5.50. The number of fused-ring (bicyclic) bond motifs is 1. The first-order chi connectivity index (χ1) is 9.60. The average molecular weight is 294 g/mol. The lowest BCUT2D eigenvalue weighted by Crippen LogP contribution is -2.06. The zero-order valence-corrected chi connectivity index (χ0v) is 12.7. The second-order valence-corrected chi connectivity index (χ2v) is 5.88. The number of hydrogen-bond donors (Lipinski definition) is 1. The van der Waals surface area contributed by atoms with Crippen molar-refractivity contribution in [2.24, 2.45) is 7.05 Å². The molecule has 1 aliphatic rings. The molecule has 4 nitrogen and oxygen atoms in total. The molecule has 1 unspecified atom stereocenters. The van der Waals surface area contributed by atoms with E-state index >= 15 is 0 Å². The molecule has 20 heavy (non-hydrogen) atoms. The summed E-state index contributed by atoms with van der Waals surface area (Å²) < 4.78 is 3.97. The Bertz CT molecular complexity index is 629. The zero-order chi connectivity index (χ0) is 14.3. The van der Waals surface area contributed by atoms with Crippen LogP contribution < -0.4 is 0 Å². The molecule has 0 saturated heterocycles. The molecular formula is C15H20ClN3O. The molecule has 0 amide bonds. The Morgan fingerprint density at radius 1 is 1.45 bits per heavy atom. The number of hydrogen-bond acceptors (Lipinski definition) is 2. The normalized spacial score (nSPS) is 18.3. The Morgan fingerprint density at radius 3 is 2.90 bits per heavy atom. The van der Waals surface area contributed by atoms with E-state index < -0.39 is 0 Å². The Balaban J connectivity index is 1.90. The number of aryl methyl sites for hydroxylation is 3. The maximum absolute atomic E-state index is 10.0. The lowest BCUT2D eigenvalue weighted by molar-refractivity contribution is 0.157. The smallest absolute Gasteiger partial charge is 0.0868 e. The van der Waals surface area contributed by atoms with Gasteiger partial charge in [-0.1, -0.05) is 18.5 Å². The number of aromatic nitrogens is 3. The highest BCUT2D eigenvalue weighted by molar-refractivity contribution is 6.31. The molecule has 2 aromatic heterocycles. The summed E-state index contributed by atoms with van der Waals surface area (Å²) in [5.74, 6) is 0. The Morgan fingerprint density at radius 2 is 2.25 bits per heavy atom. The molecule has 3 rings (SSSR count). The minimum absolute atomic E-state index is 0.312. The van der Waals surface area contributed by atoms with E-state index in [1.165, 1.54) is 5.56 Å². The molecule has 0 saturated carbocycles. The molecule has 0 radical (unpaired) electrons. The van der Waals surface area contributed by atoms with Crippen molar-refractivity contribution in [3.05, 3.63) is 39.9 Å². The van der Waals surface area contributed by atoms with Gasteiger partial charge in [-0.25, -0.2) is 0 Å². The molecule has 0 aliphatic heterocycles. The monoisotopic (exact) mass is 293 g/mol. The molecule has 0 spiro atoms. The summed E-state index contributed by atoms with van der Waals surface area (Å²) in [6.07, 6.45) is 7.69. The van der Waals surface area contributed by atoms with Crippen molar-refractivity contribution >= 4 is 11.6 Å². The number of nitrogens with zero attached hydrogens (tertiary/aromatic N) is 3. The van der Waals surface area contributed by atoms with E-state index in [1.807, 2.05) is 17.9 Å². The van der Waals surface area contributed by atoms with E-state index in [1.54, 1.807) is 0 Å². The molecule has 1 N–H and O–H groups in total. The highest BCUT2D eigenvalue weighted by Gasteiger charge is 2.21. The minimum atomic E-state index is -0.312. The molecule has 0 aromatic carbocycles.